The van der Waals surface area contributed by atoms with Crippen LogP contribution in [0.25, 0.3) is 0 Å². The number of hydrogen-bond donors (Lipinski definition) is 1. The van der Waals surface area contributed by atoms with Crippen LogP contribution in [0.15, 0.2) is 39.4 Å². The van der Waals surface area contributed by atoms with Crippen LogP contribution in [0.5, 0.6) is 0 Å². The van der Waals surface area contributed by atoms with Crippen LogP contribution in [0.1, 0.15) is 16.1 Å². The zero-order chi connectivity index (χ0) is 14.0. The Morgan fingerprint density at radius 3 is 2.63 bits per heavy atom. The minimum Gasteiger partial charge on any atom is -0.444 e. The maximum atomic E-state index is 11.8. The quantitative estimate of drug-likeness (QED) is 0.691. The van der Waals surface area contributed by atoms with Gasteiger partial charge in [0.05, 0.1) is 4.92 Å². The topological polar surface area (TPSA) is 85.4 Å². The largest absolute Gasteiger partial charge is 0.444 e. The minimum atomic E-state index is -0.484. The van der Waals surface area contributed by atoms with E-state index < -0.39 is 10.8 Å². The highest BCUT2D eigenvalue weighted by atomic mass is 79.9. The molecule has 2 rings (SSSR count). The third kappa shape index (κ3) is 3.00. The van der Waals surface area contributed by atoms with Crippen LogP contribution in [0.4, 0.5) is 11.4 Å². The molecule has 0 atom stereocenters. The number of rotatable bonds is 3. The first-order chi connectivity index (χ1) is 8.97. The Morgan fingerprint density at radius 1 is 1.37 bits per heavy atom. The fraction of sp³-hybridized carbons (Fsp3) is 0.0833. The predicted octanol–water partition coefficient (Wildman–Crippen LogP) is 3.51. The van der Waals surface area contributed by atoms with Crippen molar-refractivity contribution in [1.82, 2.24) is 0 Å². The molecule has 1 aromatic carbocycles. The molecule has 0 bridgehead atoms. The molecule has 0 saturated heterocycles. The number of carbonyl (C=O) groups excluding carboxylic acids is 1. The highest BCUT2D eigenvalue weighted by molar-refractivity contribution is 9.10. The molecule has 0 saturated carbocycles. The van der Waals surface area contributed by atoms with Gasteiger partial charge in [0.15, 0.2) is 10.4 Å². The molecule has 1 amide bonds. The highest BCUT2D eigenvalue weighted by Gasteiger charge is 2.13. The molecule has 98 valence electrons. The lowest BCUT2D eigenvalue weighted by Crippen LogP contribution is -2.11. The van der Waals surface area contributed by atoms with E-state index in [1.165, 1.54) is 24.3 Å². The molecule has 0 aliphatic carbocycles. The smallest absolute Gasteiger partial charge is 0.291 e. The summed E-state index contributed by atoms with van der Waals surface area (Å²) in [6.45, 7) is 1.68. The van der Waals surface area contributed by atoms with Crippen LogP contribution in [-0.4, -0.2) is 10.8 Å². The normalized spacial score (nSPS) is 10.2. The standard InChI is InChI=1S/C12H9BrN2O4/c1-7-6-8(15(17)18)2-3-9(7)14-12(16)10-4-5-11(13)19-10/h2-6H,1H3,(H,14,16). The van der Waals surface area contributed by atoms with Gasteiger partial charge in [0.25, 0.3) is 11.6 Å². The van der Waals surface area contributed by atoms with Crippen molar-refractivity contribution in [2.75, 3.05) is 5.32 Å². The molecule has 6 nitrogen and oxygen atoms in total. The second kappa shape index (κ2) is 5.23. The molecule has 0 fully saturated rings. The molecule has 0 aliphatic rings. The van der Waals surface area contributed by atoms with E-state index in [1.54, 1.807) is 13.0 Å². The Kier molecular flexibility index (Phi) is 3.66. The van der Waals surface area contributed by atoms with Crippen molar-refractivity contribution in [3.63, 3.8) is 0 Å². The van der Waals surface area contributed by atoms with E-state index in [9.17, 15) is 14.9 Å². The summed E-state index contributed by atoms with van der Waals surface area (Å²) < 4.78 is 5.57. The molecule has 7 heteroatoms. The van der Waals surface area contributed by atoms with E-state index >= 15 is 0 Å². The van der Waals surface area contributed by atoms with Crippen molar-refractivity contribution >= 4 is 33.2 Å². The predicted molar refractivity (Wildman–Crippen MR) is 72.2 cm³/mol. The van der Waals surface area contributed by atoms with Crippen LogP contribution in [0, 0.1) is 17.0 Å². The van der Waals surface area contributed by atoms with Crippen LogP contribution >= 0.6 is 15.9 Å². The maximum Gasteiger partial charge on any atom is 0.291 e. The summed E-state index contributed by atoms with van der Waals surface area (Å²) in [5.74, 6) is -0.257. The number of benzene rings is 1. The van der Waals surface area contributed by atoms with Gasteiger partial charge in [-0.25, -0.2) is 0 Å². The fourth-order valence-corrected chi connectivity index (χ4v) is 1.83. The summed E-state index contributed by atoms with van der Waals surface area (Å²) in [5.41, 5.74) is 1.09. The van der Waals surface area contributed by atoms with Gasteiger partial charge in [0.2, 0.25) is 0 Å². The molecule has 2 aromatic rings. The van der Waals surface area contributed by atoms with Gasteiger partial charge in [-0.05, 0) is 46.6 Å². The van der Waals surface area contributed by atoms with Gasteiger partial charge in [0.1, 0.15) is 0 Å². The Hall–Kier alpha value is -2.15. The average molecular weight is 325 g/mol. The Labute approximate surface area is 116 Å². The molecule has 1 heterocycles. The van der Waals surface area contributed by atoms with E-state index in [-0.39, 0.29) is 11.4 Å². The number of nitro benzene ring substituents is 1. The second-order valence-electron chi connectivity index (χ2n) is 3.81. The van der Waals surface area contributed by atoms with E-state index in [0.29, 0.717) is 15.9 Å². The Balaban J connectivity index is 2.20. The number of aryl methyl sites for hydroxylation is 1. The third-order valence-corrected chi connectivity index (χ3v) is 2.89. The van der Waals surface area contributed by atoms with Crippen LogP contribution in [0.2, 0.25) is 0 Å². The van der Waals surface area contributed by atoms with Gasteiger partial charge in [0, 0.05) is 17.8 Å². The van der Waals surface area contributed by atoms with Gasteiger partial charge in [-0.15, -0.1) is 0 Å². The van der Waals surface area contributed by atoms with E-state index in [1.807, 2.05) is 0 Å². The van der Waals surface area contributed by atoms with Crippen LogP contribution in [0.3, 0.4) is 0 Å². The maximum absolute atomic E-state index is 11.8. The monoisotopic (exact) mass is 324 g/mol. The lowest BCUT2D eigenvalue weighted by Gasteiger charge is -2.06. The number of halogens is 1. The van der Waals surface area contributed by atoms with E-state index in [2.05, 4.69) is 21.2 Å². The summed E-state index contributed by atoms with van der Waals surface area (Å²) in [6.07, 6.45) is 0. The summed E-state index contributed by atoms with van der Waals surface area (Å²) in [4.78, 5) is 22.0. The Morgan fingerprint density at radius 2 is 2.11 bits per heavy atom. The minimum absolute atomic E-state index is 0.0174. The summed E-state index contributed by atoms with van der Waals surface area (Å²) in [6, 6.07) is 7.36. The number of nitrogens with zero attached hydrogens (tertiary/aromatic N) is 1. The van der Waals surface area contributed by atoms with Gasteiger partial charge in [-0.2, -0.15) is 0 Å². The lowest BCUT2D eigenvalue weighted by atomic mass is 10.2. The van der Waals surface area contributed by atoms with Crippen molar-refractivity contribution in [2.24, 2.45) is 0 Å². The first-order valence-electron chi connectivity index (χ1n) is 5.29. The van der Waals surface area contributed by atoms with Crippen LogP contribution in [-0.2, 0) is 0 Å². The molecular formula is C12H9BrN2O4. The van der Waals surface area contributed by atoms with Gasteiger partial charge < -0.3 is 9.73 Å². The molecule has 0 spiro atoms. The highest BCUT2D eigenvalue weighted by Crippen LogP contribution is 2.22. The lowest BCUT2D eigenvalue weighted by molar-refractivity contribution is -0.384. The van der Waals surface area contributed by atoms with E-state index in [4.69, 9.17) is 4.42 Å². The number of carbonyl (C=O) groups is 1. The van der Waals surface area contributed by atoms with Gasteiger partial charge in [-0.1, -0.05) is 0 Å². The number of nitrogens with one attached hydrogen (secondary N) is 1. The first kappa shape index (κ1) is 13.3. The Bertz CT molecular complexity index is 651. The molecule has 1 N–H and O–H groups in total. The molecule has 19 heavy (non-hydrogen) atoms. The van der Waals surface area contributed by atoms with Crippen molar-refractivity contribution in [3.8, 4) is 0 Å². The number of hydrogen-bond acceptors (Lipinski definition) is 4. The average Bonchev–Trinajstić information content (AvgIpc) is 2.78. The fourth-order valence-electron chi connectivity index (χ4n) is 1.52. The molecular weight excluding hydrogens is 316 g/mol. The van der Waals surface area contributed by atoms with Gasteiger partial charge in [-0.3, -0.25) is 14.9 Å². The van der Waals surface area contributed by atoms with Crippen molar-refractivity contribution in [2.45, 2.75) is 6.92 Å². The molecule has 1 aromatic heterocycles. The molecule has 0 radical (unpaired) electrons. The number of nitro groups is 1. The number of furan rings is 1. The number of non-ortho nitro benzene ring substituents is 1. The first-order valence-corrected chi connectivity index (χ1v) is 6.08. The summed E-state index contributed by atoms with van der Waals surface area (Å²) in [7, 11) is 0. The second-order valence-corrected chi connectivity index (χ2v) is 4.60. The van der Waals surface area contributed by atoms with Gasteiger partial charge >= 0.3 is 0 Å². The van der Waals surface area contributed by atoms with Crippen molar-refractivity contribution in [3.05, 3.63) is 56.4 Å². The summed E-state index contributed by atoms with van der Waals surface area (Å²) in [5, 5.41) is 13.2. The zero-order valence-corrected chi connectivity index (χ0v) is 11.4. The number of amides is 1. The molecule has 0 aliphatic heterocycles. The van der Waals surface area contributed by atoms with Crippen molar-refractivity contribution in [1.29, 1.82) is 0 Å². The van der Waals surface area contributed by atoms with Crippen molar-refractivity contribution < 1.29 is 14.1 Å². The van der Waals surface area contributed by atoms with E-state index in [0.717, 1.165) is 0 Å². The zero-order valence-electron chi connectivity index (χ0n) is 9.84. The SMILES string of the molecule is Cc1cc([N+](=O)[O-])ccc1NC(=O)c1ccc(Br)o1. The number of anilines is 1. The third-order valence-electron chi connectivity index (χ3n) is 2.47. The summed E-state index contributed by atoms with van der Waals surface area (Å²) >= 11 is 3.10. The van der Waals surface area contributed by atoms with Crippen LogP contribution < -0.4 is 5.32 Å². The molecule has 0 unspecified atom stereocenters.